The van der Waals surface area contributed by atoms with Crippen LogP contribution in [0, 0.1) is 0 Å². The summed E-state index contributed by atoms with van der Waals surface area (Å²) in [4.78, 5) is 19.7. The van der Waals surface area contributed by atoms with E-state index < -0.39 is 5.97 Å². The van der Waals surface area contributed by atoms with E-state index in [1.807, 2.05) is 4.90 Å². The summed E-state index contributed by atoms with van der Waals surface area (Å²) in [6.07, 6.45) is 2.02. The third-order valence-corrected chi connectivity index (χ3v) is 4.37. The number of aryl methyl sites for hydroxylation is 1. The Morgan fingerprint density at radius 2 is 2.11 bits per heavy atom. The third-order valence-electron chi connectivity index (χ3n) is 3.33. The lowest BCUT2D eigenvalue weighted by atomic mass is 10.3. The van der Waals surface area contributed by atoms with Crippen molar-refractivity contribution in [1.82, 2.24) is 14.8 Å². The van der Waals surface area contributed by atoms with Gasteiger partial charge in [-0.2, -0.15) is 0 Å². The SMILES string of the molecule is CCc1nc(CN2CCCN(CC(=O)O)CC2)cs1. The maximum Gasteiger partial charge on any atom is 0.317 e. The highest BCUT2D eigenvalue weighted by Crippen LogP contribution is 2.13. The molecule has 19 heavy (non-hydrogen) atoms. The van der Waals surface area contributed by atoms with Gasteiger partial charge in [-0.15, -0.1) is 11.3 Å². The molecule has 2 heterocycles. The molecular formula is C13H21N3O2S. The van der Waals surface area contributed by atoms with Crippen molar-refractivity contribution >= 4 is 17.3 Å². The maximum atomic E-state index is 10.7. The van der Waals surface area contributed by atoms with Crippen LogP contribution in [-0.4, -0.2) is 58.6 Å². The second kappa shape index (κ2) is 6.98. The number of thiazole rings is 1. The number of hydrogen-bond donors (Lipinski definition) is 1. The molecule has 6 heteroatoms. The monoisotopic (exact) mass is 283 g/mol. The molecule has 2 rings (SSSR count). The van der Waals surface area contributed by atoms with Gasteiger partial charge in [-0.05, 0) is 19.4 Å². The Labute approximate surface area is 117 Å². The molecule has 0 unspecified atom stereocenters. The van der Waals surface area contributed by atoms with Crippen molar-refractivity contribution in [2.24, 2.45) is 0 Å². The first-order valence-electron chi connectivity index (χ1n) is 6.77. The Bertz CT molecular complexity index is 422. The quantitative estimate of drug-likeness (QED) is 0.882. The lowest BCUT2D eigenvalue weighted by molar-refractivity contribution is -0.138. The zero-order valence-corrected chi connectivity index (χ0v) is 12.2. The molecule has 1 aliphatic rings. The van der Waals surface area contributed by atoms with E-state index >= 15 is 0 Å². The van der Waals surface area contributed by atoms with E-state index in [9.17, 15) is 4.79 Å². The van der Waals surface area contributed by atoms with Gasteiger partial charge in [0.15, 0.2) is 0 Å². The van der Waals surface area contributed by atoms with E-state index in [1.54, 1.807) is 11.3 Å². The molecule has 1 aromatic heterocycles. The molecule has 106 valence electrons. The first kappa shape index (κ1) is 14.4. The van der Waals surface area contributed by atoms with Gasteiger partial charge >= 0.3 is 5.97 Å². The summed E-state index contributed by atoms with van der Waals surface area (Å²) >= 11 is 1.73. The number of rotatable bonds is 5. The zero-order valence-electron chi connectivity index (χ0n) is 11.3. The summed E-state index contributed by atoms with van der Waals surface area (Å²) in [6.45, 7) is 6.82. The van der Waals surface area contributed by atoms with Crippen LogP contribution in [0.15, 0.2) is 5.38 Å². The molecule has 0 bridgehead atoms. The van der Waals surface area contributed by atoms with Gasteiger partial charge in [0.05, 0.1) is 17.2 Å². The molecule has 0 amide bonds. The average molecular weight is 283 g/mol. The molecule has 5 nitrogen and oxygen atoms in total. The molecule has 0 spiro atoms. The summed E-state index contributed by atoms with van der Waals surface area (Å²) in [5, 5.41) is 12.2. The van der Waals surface area contributed by atoms with Gasteiger partial charge in [0, 0.05) is 31.6 Å². The van der Waals surface area contributed by atoms with Crippen molar-refractivity contribution in [2.45, 2.75) is 26.3 Å². The van der Waals surface area contributed by atoms with Crippen LogP contribution in [0.3, 0.4) is 0 Å². The van der Waals surface area contributed by atoms with E-state index in [0.717, 1.165) is 51.3 Å². The smallest absolute Gasteiger partial charge is 0.317 e. The fourth-order valence-electron chi connectivity index (χ4n) is 2.34. The minimum Gasteiger partial charge on any atom is -0.480 e. The van der Waals surface area contributed by atoms with Crippen molar-refractivity contribution < 1.29 is 9.90 Å². The molecule has 1 saturated heterocycles. The summed E-state index contributed by atoms with van der Waals surface area (Å²) in [7, 11) is 0. The van der Waals surface area contributed by atoms with Crippen molar-refractivity contribution in [3.8, 4) is 0 Å². The van der Waals surface area contributed by atoms with Crippen LogP contribution in [0.1, 0.15) is 24.0 Å². The van der Waals surface area contributed by atoms with Crippen molar-refractivity contribution in [3.05, 3.63) is 16.1 Å². The van der Waals surface area contributed by atoms with E-state index in [2.05, 4.69) is 22.2 Å². The van der Waals surface area contributed by atoms with Gasteiger partial charge in [-0.25, -0.2) is 4.98 Å². The number of carboxylic acids is 1. The third kappa shape index (κ3) is 4.56. The Kier molecular flexibility index (Phi) is 5.30. The zero-order chi connectivity index (χ0) is 13.7. The van der Waals surface area contributed by atoms with Gasteiger partial charge in [-0.3, -0.25) is 14.6 Å². The van der Waals surface area contributed by atoms with Crippen molar-refractivity contribution in [3.63, 3.8) is 0 Å². The summed E-state index contributed by atoms with van der Waals surface area (Å²) in [5.74, 6) is -0.736. The Balaban J connectivity index is 1.83. The van der Waals surface area contributed by atoms with Crippen LogP contribution in [0.2, 0.25) is 0 Å². The van der Waals surface area contributed by atoms with E-state index in [4.69, 9.17) is 5.11 Å². The number of carbonyl (C=O) groups is 1. The van der Waals surface area contributed by atoms with Crippen LogP contribution in [0.25, 0.3) is 0 Å². The minimum absolute atomic E-state index is 0.157. The molecule has 0 radical (unpaired) electrons. The molecule has 0 aliphatic carbocycles. The summed E-state index contributed by atoms with van der Waals surface area (Å²) < 4.78 is 0. The van der Waals surface area contributed by atoms with Gasteiger partial charge < -0.3 is 5.11 Å². The number of hydrogen-bond acceptors (Lipinski definition) is 5. The Morgan fingerprint density at radius 1 is 1.37 bits per heavy atom. The molecule has 1 aromatic rings. The van der Waals surface area contributed by atoms with Crippen molar-refractivity contribution in [1.29, 1.82) is 0 Å². The topological polar surface area (TPSA) is 56.7 Å². The molecule has 1 N–H and O–H groups in total. The highest BCUT2D eigenvalue weighted by atomic mass is 32.1. The fraction of sp³-hybridized carbons (Fsp3) is 0.692. The lowest BCUT2D eigenvalue weighted by Crippen LogP contribution is -2.34. The number of nitrogens with zero attached hydrogens (tertiary/aromatic N) is 3. The Morgan fingerprint density at radius 3 is 2.79 bits per heavy atom. The molecule has 0 atom stereocenters. The number of carboxylic acid groups (broad SMARTS) is 1. The average Bonchev–Trinajstić information content (AvgIpc) is 2.71. The van der Waals surface area contributed by atoms with E-state index in [0.29, 0.717) is 0 Å². The normalized spacial score (nSPS) is 18.4. The predicted octanol–water partition coefficient (Wildman–Crippen LogP) is 1.30. The van der Waals surface area contributed by atoms with Gasteiger partial charge in [0.1, 0.15) is 0 Å². The van der Waals surface area contributed by atoms with Crippen molar-refractivity contribution in [2.75, 3.05) is 32.7 Å². The van der Waals surface area contributed by atoms with Crippen LogP contribution >= 0.6 is 11.3 Å². The van der Waals surface area contributed by atoms with Crippen LogP contribution < -0.4 is 0 Å². The summed E-state index contributed by atoms with van der Waals surface area (Å²) in [5.41, 5.74) is 1.15. The first-order valence-corrected chi connectivity index (χ1v) is 7.65. The Hall–Kier alpha value is -0.980. The van der Waals surface area contributed by atoms with Gasteiger partial charge in [-0.1, -0.05) is 6.92 Å². The largest absolute Gasteiger partial charge is 0.480 e. The van der Waals surface area contributed by atoms with Crippen LogP contribution in [-0.2, 0) is 17.8 Å². The standard InChI is InChI=1S/C13H21N3O2S/c1-2-12-14-11(10-19-12)8-15-4-3-5-16(7-6-15)9-13(17)18/h10H,2-9H2,1H3,(H,17,18). The predicted molar refractivity (Wildman–Crippen MR) is 75.5 cm³/mol. The molecule has 1 aliphatic heterocycles. The van der Waals surface area contributed by atoms with Crippen LogP contribution in [0.5, 0.6) is 0 Å². The maximum absolute atomic E-state index is 10.7. The second-order valence-electron chi connectivity index (χ2n) is 4.89. The molecular weight excluding hydrogens is 262 g/mol. The highest BCUT2D eigenvalue weighted by Gasteiger charge is 2.17. The first-order chi connectivity index (χ1) is 9.17. The lowest BCUT2D eigenvalue weighted by Gasteiger charge is -2.19. The second-order valence-corrected chi connectivity index (χ2v) is 5.83. The number of aromatic nitrogens is 1. The van der Waals surface area contributed by atoms with E-state index in [1.165, 1.54) is 5.01 Å². The molecule has 0 saturated carbocycles. The minimum atomic E-state index is -0.736. The van der Waals surface area contributed by atoms with Gasteiger partial charge in [0.25, 0.3) is 0 Å². The molecule has 1 fully saturated rings. The summed E-state index contributed by atoms with van der Waals surface area (Å²) in [6, 6.07) is 0. The molecule has 0 aromatic carbocycles. The number of aliphatic carboxylic acids is 1. The van der Waals surface area contributed by atoms with Crippen LogP contribution in [0.4, 0.5) is 0 Å². The van der Waals surface area contributed by atoms with Gasteiger partial charge in [0.2, 0.25) is 0 Å². The fourth-order valence-corrected chi connectivity index (χ4v) is 3.08. The van der Waals surface area contributed by atoms with E-state index in [-0.39, 0.29) is 6.54 Å². The highest BCUT2D eigenvalue weighted by molar-refractivity contribution is 7.09.